The molecule has 1 aliphatic rings. The van der Waals surface area contributed by atoms with Crippen LogP contribution in [0.5, 0.6) is 0 Å². The van der Waals surface area contributed by atoms with Gasteiger partial charge in [-0.15, -0.1) is 0 Å². The van der Waals surface area contributed by atoms with Crippen molar-refractivity contribution in [2.75, 3.05) is 13.2 Å². The van der Waals surface area contributed by atoms with Crippen LogP contribution in [0.1, 0.15) is 38.3 Å². The van der Waals surface area contributed by atoms with Gasteiger partial charge >= 0.3 is 0 Å². The van der Waals surface area contributed by atoms with E-state index in [4.69, 9.17) is 9.16 Å². The largest absolute Gasteiger partial charge is 0.417 e. The summed E-state index contributed by atoms with van der Waals surface area (Å²) >= 11 is 0. The minimum Gasteiger partial charge on any atom is -0.417 e. The maximum atomic E-state index is 9.53. The van der Waals surface area contributed by atoms with Gasteiger partial charge in [0.05, 0.1) is 6.61 Å². The minimum absolute atomic E-state index is 0.0639. The second-order valence-corrected chi connectivity index (χ2v) is 12.7. The quantitative estimate of drug-likeness (QED) is 0.636. The molecule has 0 amide bonds. The highest BCUT2D eigenvalue weighted by Crippen LogP contribution is 2.50. The van der Waals surface area contributed by atoms with E-state index >= 15 is 0 Å². The van der Waals surface area contributed by atoms with E-state index in [0.29, 0.717) is 6.61 Å². The van der Waals surface area contributed by atoms with E-state index in [1.54, 1.807) is 0 Å². The minimum atomic E-state index is -1.74. The molecular formula is C18H30O3Si. The van der Waals surface area contributed by atoms with Gasteiger partial charge in [-0.3, -0.25) is 0 Å². The number of rotatable bonds is 6. The zero-order valence-electron chi connectivity index (χ0n) is 14.8. The zero-order valence-corrected chi connectivity index (χ0v) is 15.8. The van der Waals surface area contributed by atoms with Crippen molar-refractivity contribution in [3.63, 3.8) is 0 Å². The van der Waals surface area contributed by atoms with Gasteiger partial charge in [-0.25, -0.2) is 0 Å². The molecule has 0 saturated carbocycles. The van der Waals surface area contributed by atoms with E-state index in [-0.39, 0.29) is 23.4 Å². The number of aliphatic hydroxyl groups is 1. The SMILES string of the molecule is Cc1ccccc1C1(CCO[Si](C)(C)C(C)(C)C)OC1CO. The first-order valence-electron chi connectivity index (χ1n) is 8.13. The summed E-state index contributed by atoms with van der Waals surface area (Å²) in [5.41, 5.74) is 2.04. The van der Waals surface area contributed by atoms with Crippen LogP contribution in [0.2, 0.25) is 18.1 Å². The topological polar surface area (TPSA) is 42.0 Å². The Morgan fingerprint density at radius 2 is 1.91 bits per heavy atom. The molecule has 1 aromatic rings. The molecule has 1 aromatic carbocycles. The molecule has 1 aliphatic heterocycles. The standard InChI is InChI=1S/C18H30O3Si/c1-14-9-7-8-10-15(14)18(16(13-19)21-18)11-12-20-22(5,6)17(2,3)4/h7-10,16,19H,11-13H2,1-6H3. The highest BCUT2D eigenvalue weighted by Gasteiger charge is 2.57. The molecule has 0 radical (unpaired) electrons. The number of hydrogen-bond acceptors (Lipinski definition) is 3. The van der Waals surface area contributed by atoms with E-state index in [9.17, 15) is 5.11 Å². The number of benzene rings is 1. The van der Waals surface area contributed by atoms with Crippen LogP contribution in [0, 0.1) is 6.92 Å². The molecule has 1 saturated heterocycles. The first kappa shape index (κ1) is 17.7. The van der Waals surface area contributed by atoms with Crippen LogP contribution in [0.15, 0.2) is 24.3 Å². The molecule has 1 fully saturated rings. The molecule has 0 bridgehead atoms. The first-order valence-corrected chi connectivity index (χ1v) is 11.0. The van der Waals surface area contributed by atoms with Crippen LogP contribution in [-0.4, -0.2) is 32.7 Å². The number of aliphatic hydroxyl groups excluding tert-OH is 1. The molecule has 0 aromatic heterocycles. The smallest absolute Gasteiger partial charge is 0.191 e. The van der Waals surface area contributed by atoms with Gasteiger partial charge in [0.25, 0.3) is 0 Å². The highest BCUT2D eigenvalue weighted by molar-refractivity contribution is 6.74. The Kier molecular flexibility index (Phi) is 4.88. The molecule has 1 N–H and O–H groups in total. The summed E-state index contributed by atoms with van der Waals surface area (Å²) in [6.45, 7) is 14.1. The molecule has 124 valence electrons. The normalized spacial score (nSPS) is 25.3. The Hall–Kier alpha value is -0.683. The lowest BCUT2D eigenvalue weighted by Crippen LogP contribution is -2.41. The summed E-state index contributed by atoms with van der Waals surface area (Å²) < 4.78 is 12.2. The molecule has 3 nitrogen and oxygen atoms in total. The summed E-state index contributed by atoms with van der Waals surface area (Å²) in [4.78, 5) is 0. The zero-order chi connectivity index (χ0) is 16.6. The number of hydrogen-bond donors (Lipinski definition) is 1. The average Bonchev–Trinajstić information content (AvgIpc) is 3.12. The number of epoxide rings is 1. The second kappa shape index (κ2) is 6.08. The lowest BCUT2D eigenvalue weighted by Gasteiger charge is -2.36. The van der Waals surface area contributed by atoms with Crippen LogP contribution in [0.4, 0.5) is 0 Å². The third-order valence-corrected chi connectivity index (χ3v) is 9.86. The second-order valence-electron chi connectivity index (χ2n) is 7.85. The third-order valence-electron chi connectivity index (χ3n) is 5.32. The molecule has 1 heterocycles. The lowest BCUT2D eigenvalue weighted by atomic mass is 9.89. The summed E-state index contributed by atoms with van der Waals surface area (Å²) in [7, 11) is -1.74. The summed E-state index contributed by atoms with van der Waals surface area (Å²) in [6, 6.07) is 8.28. The highest BCUT2D eigenvalue weighted by atomic mass is 28.4. The Morgan fingerprint density at radius 1 is 1.27 bits per heavy atom. The van der Waals surface area contributed by atoms with Gasteiger partial charge in [0.1, 0.15) is 11.7 Å². The van der Waals surface area contributed by atoms with Crippen molar-refractivity contribution < 1.29 is 14.3 Å². The van der Waals surface area contributed by atoms with E-state index in [1.165, 1.54) is 11.1 Å². The van der Waals surface area contributed by atoms with E-state index in [1.807, 2.05) is 12.1 Å². The van der Waals surface area contributed by atoms with Gasteiger partial charge in [-0.05, 0) is 36.2 Å². The third kappa shape index (κ3) is 3.30. The van der Waals surface area contributed by atoms with Gasteiger partial charge in [0.15, 0.2) is 8.32 Å². The van der Waals surface area contributed by atoms with E-state index in [0.717, 1.165) is 6.42 Å². The lowest BCUT2D eigenvalue weighted by molar-refractivity contribution is 0.207. The van der Waals surface area contributed by atoms with Crippen LogP contribution >= 0.6 is 0 Å². The number of aryl methyl sites for hydroxylation is 1. The van der Waals surface area contributed by atoms with Gasteiger partial charge in [0.2, 0.25) is 0 Å². The van der Waals surface area contributed by atoms with Crippen molar-refractivity contribution in [2.24, 2.45) is 0 Å². The monoisotopic (exact) mass is 322 g/mol. The molecule has 0 aliphatic carbocycles. The molecule has 2 rings (SSSR count). The molecule has 2 unspecified atom stereocenters. The van der Waals surface area contributed by atoms with Crippen molar-refractivity contribution in [2.45, 2.75) is 64.0 Å². The molecule has 0 spiro atoms. The predicted octanol–water partition coefficient (Wildman–Crippen LogP) is 3.99. The van der Waals surface area contributed by atoms with Crippen LogP contribution in [0.25, 0.3) is 0 Å². The van der Waals surface area contributed by atoms with Gasteiger partial charge in [-0.2, -0.15) is 0 Å². The maximum Gasteiger partial charge on any atom is 0.191 e. The Labute approximate surface area is 135 Å². The van der Waals surface area contributed by atoms with Crippen molar-refractivity contribution in [3.05, 3.63) is 35.4 Å². The van der Waals surface area contributed by atoms with Crippen LogP contribution in [0.3, 0.4) is 0 Å². The van der Waals surface area contributed by atoms with Crippen LogP contribution < -0.4 is 0 Å². The fourth-order valence-corrected chi connectivity index (χ4v) is 3.76. The van der Waals surface area contributed by atoms with Crippen molar-refractivity contribution in [1.82, 2.24) is 0 Å². The first-order chi connectivity index (χ1) is 10.1. The number of ether oxygens (including phenoxy) is 1. The van der Waals surface area contributed by atoms with Gasteiger partial charge in [0, 0.05) is 13.0 Å². The van der Waals surface area contributed by atoms with Gasteiger partial charge in [-0.1, -0.05) is 45.0 Å². The average molecular weight is 323 g/mol. The Morgan fingerprint density at radius 3 is 2.41 bits per heavy atom. The predicted molar refractivity (Wildman–Crippen MR) is 92.6 cm³/mol. The summed E-state index contributed by atoms with van der Waals surface area (Å²) in [5, 5.41) is 9.74. The van der Waals surface area contributed by atoms with Crippen molar-refractivity contribution in [1.29, 1.82) is 0 Å². The van der Waals surface area contributed by atoms with E-state index < -0.39 is 8.32 Å². The van der Waals surface area contributed by atoms with Crippen LogP contribution in [-0.2, 0) is 14.8 Å². The molecule has 22 heavy (non-hydrogen) atoms. The Bertz CT molecular complexity index is 521. The maximum absolute atomic E-state index is 9.53. The Balaban J connectivity index is 2.08. The fraction of sp³-hybridized carbons (Fsp3) is 0.667. The molecule has 2 atom stereocenters. The fourth-order valence-electron chi connectivity index (χ4n) is 2.72. The summed E-state index contributed by atoms with van der Waals surface area (Å²) in [5.74, 6) is 0. The van der Waals surface area contributed by atoms with Crippen molar-refractivity contribution in [3.8, 4) is 0 Å². The molecular weight excluding hydrogens is 292 g/mol. The van der Waals surface area contributed by atoms with E-state index in [2.05, 4.69) is 52.9 Å². The summed E-state index contributed by atoms with van der Waals surface area (Å²) in [6.07, 6.45) is 0.701. The van der Waals surface area contributed by atoms with Crippen molar-refractivity contribution >= 4 is 8.32 Å². The molecule has 4 heteroatoms. The van der Waals surface area contributed by atoms with Gasteiger partial charge < -0.3 is 14.3 Å².